The van der Waals surface area contributed by atoms with Gasteiger partial charge >= 0.3 is 6.18 Å². The van der Waals surface area contributed by atoms with Crippen LogP contribution in [0.25, 0.3) is 5.69 Å². The molecule has 0 aliphatic heterocycles. The number of nitro benzene ring substituents is 1. The van der Waals surface area contributed by atoms with Gasteiger partial charge in [-0.25, -0.2) is 0 Å². The number of rotatable bonds is 2. The van der Waals surface area contributed by atoms with Crippen LogP contribution in [-0.4, -0.2) is 19.7 Å². The van der Waals surface area contributed by atoms with Crippen LogP contribution in [0.5, 0.6) is 11.8 Å². The Morgan fingerprint density at radius 1 is 1.08 bits per heavy atom. The fraction of sp³-hybridized carbons (Fsp3) is 0.412. The highest BCUT2D eigenvalue weighted by molar-refractivity contribution is 5.62. The number of alkyl halides is 3. The Hall–Kier alpha value is -2.71. The highest BCUT2D eigenvalue weighted by atomic mass is 19.4. The van der Waals surface area contributed by atoms with E-state index < -0.39 is 22.4 Å². The fourth-order valence-corrected chi connectivity index (χ4v) is 5.06. The van der Waals surface area contributed by atoms with E-state index in [9.17, 15) is 33.5 Å². The molecule has 2 N–H and O–H groups in total. The van der Waals surface area contributed by atoms with Gasteiger partial charge in [-0.05, 0) is 48.6 Å². The van der Waals surface area contributed by atoms with Crippen molar-refractivity contribution in [2.24, 2.45) is 11.8 Å². The summed E-state index contributed by atoms with van der Waals surface area (Å²) in [5.41, 5.74) is -1.39. The maximum Gasteiger partial charge on any atom is 0.423 e. The van der Waals surface area contributed by atoms with Gasteiger partial charge in [0.25, 0.3) is 5.69 Å². The molecule has 2 aromatic rings. The van der Waals surface area contributed by atoms with Gasteiger partial charge in [-0.15, -0.1) is 0 Å². The van der Waals surface area contributed by atoms with Crippen molar-refractivity contribution in [3.8, 4) is 17.4 Å². The Bertz CT molecular complexity index is 944. The molecule has 2 saturated carbocycles. The molecule has 136 valence electrons. The second kappa shape index (κ2) is 4.52. The first kappa shape index (κ1) is 15.5. The molecule has 2 fully saturated rings. The van der Waals surface area contributed by atoms with Crippen molar-refractivity contribution in [3.63, 3.8) is 0 Å². The fourth-order valence-electron chi connectivity index (χ4n) is 5.06. The molecule has 0 radical (unpaired) electrons. The SMILES string of the molecule is O=[N+]([O-])c1ccc(-n2c(O)c3c(c2O)[C@@H]2C[C@H]3[C@H]3C[C@H]32)cc1C(F)(F)F. The molecular formula is C17H13F3N2O4. The minimum absolute atomic E-state index is 0.132. The number of fused-ring (bicyclic) bond motifs is 8. The Balaban J connectivity index is 1.69. The first-order valence-corrected chi connectivity index (χ1v) is 8.22. The van der Waals surface area contributed by atoms with Gasteiger partial charge in [-0.2, -0.15) is 13.2 Å². The van der Waals surface area contributed by atoms with E-state index in [2.05, 4.69) is 0 Å². The molecular weight excluding hydrogens is 353 g/mol. The van der Waals surface area contributed by atoms with Gasteiger partial charge in [0.15, 0.2) is 0 Å². The number of halogens is 3. The maximum atomic E-state index is 13.2. The predicted octanol–water partition coefficient (Wildman–Crippen LogP) is 4.04. The average Bonchev–Trinajstić information content (AvgIpc) is 3.07. The summed E-state index contributed by atoms with van der Waals surface area (Å²) in [5.74, 6) is 0.696. The molecule has 9 heteroatoms. The van der Waals surface area contributed by atoms with E-state index in [1.165, 1.54) is 0 Å². The van der Waals surface area contributed by atoms with Gasteiger partial charge < -0.3 is 10.2 Å². The zero-order chi connectivity index (χ0) is 18.5. The third kappa shape index (κ3) is 1.77. The second-order valence-electron chi connectivity index (χ2n) is 7.28. The van der Waals surface area contributed by atoms with Crippen molar-refractivity contribution < 1.29 is 28.3 Å². The summed E-state index contributed by atoms with van der Waals surface area (Å²) in [4.78, 5) is 9.80. The zero-order valence-electron chi connectivity index (χ0n) is 13.2. The average molecular weight is 366 g/mol. The third-order valence-corrected chi connectivity index (χ3v) is 6.11. The number of aromatic hydroxyl groups is 2. The first-order valence-electron chi connectivity index (χ1n) is 8.22. The predicted molar refractivity (Wildman–Crippen MR) is 82.5 cm³/mol. The van der Waals surface area contributed by atoms with Crippen LogP contribution in [0.15, 0.2) is 18.2 Å². The van der Waals surface area contributed by atoms with E-state index in [0.29, 0.717) is 29.0 Å². The van der Waals surface area contributed by atoms with Gasteiger partial charge in [-0.1, -0.05) is 0 Å². The van der Waals surface area contributed by atoms with Crippen molar-refractivity contribution >= 4 is 5.69 Å². The van der Waals surface area contributed by atoms with E-state index in [1.54, 1.807) is 0 Å². The Morgan fingerprint density at radius 3 is 2.15 bits per heavy atom. The number of aromatic nitrogens is 1. The van der Waals surface area contributed by atoms with Gasteiger partial charge in [0.2, 0.25) is 11.8 Å². The van der Waals surface area contributed by atoms with Gasteiger partial charge in [-0.3, -0.25) is 14.7 Å². The molecule has 3 aliphatic carbocycles. The van der Waals surface area contributed by atoms with Crippen LogP contribution >= 0.6 is 0 Å². The molecule has 26 heavy (non-hydrogen) atoms. The van der Waals surface area contributed by atoms with Crippen LogP contribution in [0, 0.1) is 22.0 Å². The molecule has 0 unspecified atom stereocenters. The van der Waals surface area contributed by atoms with Crippen LogP contribution in [0.3, 0.4) is 0 Å². The van der Waals surface area contributed by atoms with Gasteiger partial charge in [0.1, 0.15) is 5.56 Å². The lowest BCUT2D eigenvalue weighted by molar-refractivity contribution is -0.388. The smallest absolute Gasteiger partial charge is 0.423 e. The maximum absolute atomic E-state index is 13.2. The standard InChI is InChI=1S/C17H13F3N2O4/c18-17(19,20)11-3-6(1-2-12(11)22(25)26)21-15(23)13-9-5-10(8-4-7(8)9)14(13)16(21)24/h1-3,7-10,23-24H,4-5H2/t7-,8+,9-,10+. The first-order chi connectivity index (χ1) is 12.2. The normalized spacial score (nSPS) is 28.1. The Morgan fingerprint density at radius 2 is 1.65 bits per heavy atom. The summed E-state index contributed by atoms with van der Waals surface area (Å²) in [6.07, 6.45) is -3.02. The Labute approximate surface area is 144 Å². The van der Waals surface area contributed by atoms with E-state index in [4.69, 9.17) is 0 Å². The largest absolute Gasteiger partial charge is 0.494 e. The van der Waals surface area contributed by atoms with Crippen molar-refractivity contribution in [1.29, 1.82) is 0 Å². The van der Waals surface area contributed by atoms with E-state index >= 15 is 0 Å². The van der Waals surface area contributed by atoms with Crippen LogP contribution in [-0.2, 0) is 6.18 Å². The zero-order valence-corrected chi connectivity index (χ0v) is 13.2. The lowest BCUT2D eigenvalue weighted by Gasteiger charge is -2.13. The van der Waals surface area contributed by atoms with Crippen LogP contribution in [0.4, 0.5) is 18.9 Å². The summed E-state index contributed by atoms with van der Waals surface area (Å²) in [7, 11) is 0. The molecule has 1 aromatic heterocycles. The molecule has 6 nitrogen and oxygen atoms in total. The molecule has 2 bridgehead atoms. The van der Waals surface area contributed by atoms with Crippen LogP contribution in [0.1, 0.15) is 41.4 Å². The summed E-state index contributed by atoms with van der Waals surface area (Å²) >= 11 is 0. The third-order valence-electron chi connectivity index (χ3n) is 6.11. The van der Waals surface area contributed by atoms with E-state index in [-0.39, 0.29) is 29.3 Å². The number of nitrogens with zero attached hydrogens (tertiary/aromatic N) is 2. The minimum Gasteiger partial charge on any atom is -0.494 e. The molecule has 0 saturated heterocycles. The molecule has 1 aromatic carbocycles. The molecule has 0 spiro atoms. The van der Waals surface area contributed by atoms with Gasteiger partial charge in [0, 0.05) is 17.2 Å². The van der Waals surface area contributed by atoms with Crippen molar-refractivity contribution in [3.05, 3.63) is 45.0 Å². The second-order valence-corrected chi connectivity index (χ2v) is 7.28. The number of benzene rings is 1. The van der Waals surface area contributed by atoms with Crippen LogP contribution < -0.4 is 0 Å². The summed E-state index contributed by atoms with van der Waals surface area (Å²) in [5, 5.41) is 32.1. The molecule has 3 aliphatic rings. The highest BCUT2D eigenvalue weighted by Gasteiger charge is 2.62. The summed E-state index contributed by atoms with van der Waals surface area (Å²) < 4.78 is 40.6. The molecule has 4 atom stereocenters. The molecule has 1 heterocycles. The molecule has 0 amide bonds. The Kier molecular flexibility index (Phi) is 2.70. The van der Waals surface area contributed by atoms with Gasteiger partial charge in [0.05, 0.1) is 10.6 Å². The van der Waals surface area contributed by atoms with Crippen LogP contribution in [0.2, 0.25) is 0 Å². The number of hydrogen-bond acceptors (Lipinski definition) is 4. The topological polar surface area (TPSA) is 88.5 Å². The minimum atomic E-state index is -4.93. The summed E-state index contributed by atoms with van der Waals surface area (Å²) in [6, 6.07) is 2.44. The van der Waals surface area contributed by atoms with E-state index in [1.807, 2.05) is 0 Å². The lowest BCUT2D eigenvalue weighted by Crippen LogP contribution is -2.10. The summed E-state index contributed by atoms with van der Waals surface area (Å²) in [6.45, 7) is 0. The van der Waals surface area contributed by atoms with Crippen molar-refractivity contribution in [2.45, 2.75) is 30.9 Å². The monoisotopic (exact) mass is 366 g/mol. The molecule has 5 rings (SSSR count). The highest BCUT2D eigenvalue weighted by Crippen LogP contribution is 2.74. The number of nitro groups is 1. The quantitative estimate of drug-likeness (QED) is 0.620. The van der Waals surface area contributed by atoms with Crippen molar-refractivity contribution in [2.75, 3.05) is 0 Å². The number of hydrogen-bond donors (Lipinski definition) is 2. The van der Waals surface area contributed by atoms with E-state index in [0.717, 1.165) is 29.5 Å². The van der Waals surface area contributed by atoms with Crippen molar-refractivity contribution in [1.82, 2.24) is 4.57 Å². The lowest BCUT2D eigenvalue weighted by atomic mass is 9.95.